The van der Waals surface area contributed by atoms with E-state index in [2.05, 4.69) is 25.2 Å². The Balaban J connectivity index is 0.000000301. The lowest BCUT2D eigenvalue weighted by atomic mass is 9.98. The Morgan fingerprint density at radius 1 is 0.947 bits per heavy atom. The Bertz CT molecular complexity index is 1050. The highest BCUT2D eigenvalue weighted by Crippen LogP contribution is 2.34. The molecule has 0 saturated carbocycles. The number of rotatable bonds is 3. The maximum Gasteiger partial charge on any atom is 0.490 e. The number of nitrogens with one attached hydrogen (secondary N) is 1. The van der Waals surface area contributed by atoms with Gasteiger partial charge in [0, 0.05) is 18.9 Å². The van der Waals surface area contributed by atoms with Crippen molar-refractivity contribution < 1.29 is 55.7 Å². The number of ether oxygens (including phenoxy) is 1. The number of aromatic nitrogens is 3. The van der Waals surface area contributed by atoms with E-state index >= 15 is 0 Å². The fourth-order valence-electron chi connectivity index (χ4n) is 3.52. The molecular formula is C21H21F6N5O6. The standard InChI is InChI=1S/C17H19N5O2.2C2HF3O2/c23-17(21-12-2-1-7-18-10-12)15-4-3-13-14(24-15)6-9-22(13)16-5-8-19-11-20-16;2*3-2(4,5)1(6)7/h1-2,5,7-8,10-11,13-15H,3-4,6,9H2,(H,21,23);2*(H,6,7)/t13-,14-,15+;;/m1../s1. The molecule has 0 aromatic carbocycles. The Morgan fingerprint density at radius 2 is 1.58 bits per heavy atom. The number of aliphatic carboxylic acids is 2. The Kier molecular flexibility index (Phi) is 10.3. The number of halogens is 6. The van der Waals surface area contributed by atoms with E-state index in [1.54, 1.807) is 31.0 Å². The largest absolute Gasteiger partial charge is 0.490 e. The molecule has 3 N–H and O–H groups in total. The number of anilines is 2. The first-order valence-corrected chi connectivity index (χ1v) is 10.7. The smallest absolute Gasteiger partial charge is 0.475 e. The van der Waals surface area contributed by atoms with E-state index in [4.69, 9.17) is 24.5 Å². The molecule has 4 heterocycles. The number of carboxylic acids is 2. The minimum absolute atomic E-state index is 0.0679. The molecule has 2 saturated heterocycles. The molecular weight excluding hydrogens is 532 g/mol. The summed E-state index contributed by atoms with van der Waals surface area (Å²) >= 11 is 0. The van der Waals surface area contributed by atoms with Crippen molar-refractivity contribution in [2.24, 2.45) is 0 Å². The zero-order valence-electron chi connectivity index (χ0n) is 19.2. The van der Waals surface area contributed by atoms with Gasteiger partial charge in [0.2, 0.25) is 0 Å². The van der Waals surface area contributed by atoms with Gasteiger partial charge in [-0.3, -0.25) is 9.78 Å². The Hall–Kier alpha value is -4.02. The van der Waals surface area contributed by atoms with Crippen LogP contribution < -0.4 is 10.2 Å². The van der Waals surface area contributed by atoms with Gasteiger partial charge < -0.3 is 25.2 Å². The number of carbonyl (C=O) groups excluding carboxylic acids is 1. The molecule has 0 bridgehead atoms. The third-order valence-corrected chi connectivity index (χ3v) is 5.11. The lowest BCUT2D eigenvalue weighted by Crippen LogP contribution is -2.46. The number of nitrogens with zero attached hydrogens (tertiary/aromatic N) is 4. The number of alkyl halides is 6. The molecule has 2 fully saturated rings. The normalized spacial score (nSPS) is 20.6. The Labute approximate surface area is 210 Å². The summed E-state index contributed by atoms with van der Waals surface area (Å²) in [6.45, 7) is 0.892. The molecule has 3 atom stereocenters. The van der Waals surface area contributed by atoms with E-state index in [-0.39, 0.29) is 18.1 Å². The van der Waals surface area contributed by atoms with Crippen LogP contribution in [0.4, 0.5) is 37.8 Å². The molecule has 2 aromatic rings. The van der Waals surface area contributed by atoms with Crippen molar-refractivity contribution in [2.75, 3.05) is 16.8 Å². The fraction of sp³-hybridized carbons (Fsp3) is 0.429. The van der Waals surface area contributed by atoms with Crippen LogP contribution in [0.25, 0.3) is 0 Å². The molecule has 0 unspecified atom stereocenters. The van der Waals surface area contributed by atoms with E-state index in [1.165, 1.54) is 0 Å². The summed E-state index contributed by atoms with van der Waals surface area (Å²) in [5.41, 5.74) is 0.697. The molecule has 0 radical (unpaired) electrons. The monoisotopic (exact) mass is 553 g/mol. The lowest BCUT2D eigenvalue weighted by molar-refractivity contribution is -0.193. The minimum Gasteiger partial charge on any atom is -0.475 e. The van der Waals surface area contributed by atoms with Crippen molar-refractivity contribution in [3.05, 3.63) is 43.1 Å². The van der Waals surface area contributed by atoms with Gasteiger partial charge >= 0.3 is 24.3 Å². The summed E-state index contributed by atoms with van der Waals surface area (Å²) < 4.78 is 69.6. The number of pyridine rings is 1. The predicted molar refractivity (Wildman–Crippen MR) is 116 cm³/mol. The van der Waals surface area contributed by atoms with Crippen LogP contribution in [0, 0.1) is 0 Å². The summed E-state index contributed by atoms with van der Waals surface area (Å²) in [5, 5.41) is 17.1. The van der Waals surface area contributed by atoms with E-state index in [1.807, 2.05) is 12.1 Å². The van der Waals surface area contributed by atoms with E-state index in [0.29, 0.717) is 12.1 Å². The highest BCUT2D eigenvalue weighted by molar-refractivity contribution is 5.94. The van der Waals surface area contributed by atoms with Crippen LogP contribution in [0.2, 0.25) is 0 Å². The van der Waals surface area contributed by atoms with Crippen LogP contribution in [0.3, 0.4) is 0 Å². The van der Waals surface area contributed by atoms with Gasteiger partial charge in [-0.05, 0) is 37.5 Å². The van der Waals surface area contributed by atoms with E-state index in [0.717, 1.165) is 25.2 Å². The maximum absolute atomic E-state index is 12.4. The molecule has 1 amide bonds. The van der Waals surface area contributed by atoms with Crippen LogP contribution in [0.15, 0.2) is 43.1 Å². The zero-order chi connectivity index (χ0) is 28.5. The second-order valence-corrected chi connectivity index (χ2v) is 7.69. The predicted octanol–water partition coefficient (Wildman–Crippen LogP) is 2.90. The number of hydrogen-bond acceptors (Lipinski definition) is 8. The second kappa shape index (κ2) is 13.0. The van der Waals surface area contributed by atoms with Crippen LogP contribution in [-0.4, -0.2) is 80.2 Å². The molecule has 11 nitrogen and oxygen atoms in total. The molecule has 38 heavy (non-hydrogen) atoms. The fourth-order valence-corrected chi connectivity index (χ4v) is 3.52. The number of amides is 1. The van der Waals surface area contributed by atoms with Crippen molar-refractivity contribution in [2.45, 2.75) is 49.9 Å². The molecule has 4 rings (SSSR count). The van der Waals surface area contributed by atoms with E-state index in [9.17, 15) is 31.1 Å². The summed E-state index contributed by atoms with van der Waals surface area (Å²) in [5.74, 6) is -4.68. The van der Waals surface area contributed by atoms with Crippen molar-refractivity contribution in [1.82, 2.24) is 15.0 Å². The van der Waals surface area contributed by atoms with Gasteiger partial charge in [-0.2, -0.15) is 26.3 Å². The van der Waals surface area contributed by atoms with Crippen LogP contribution in [0.5, 0.6) is 0 Å². The van der Waals surface area contributed by atoms with Crippen molar-refractivity contribution in [3.63, 3.8) is 0 Å². The molecule has 208 valence electrons. The minimum atomic E-state index is -5.08. The first-order chi connectivity index (χ1) is 17.7. The van der Waals surface area contributed by atoms with Gasteiger partial charge in [0.05, 0.1) is 24.0 Å². The Morgan fingerprint density at radius 3 is 2.08 bits per heavy atom. The SMILES string of the molecule is O=C(Nc1cccnc1)[C@@H]1CC[C@@H]2[C@@H](CCN2c2ccncn2)O1.O=C(O)C(F)(F)F.O=C(O)C(F)(F)F. The topological polar surface area (TPSA) is 155 Å². The van der Waals surface area contributed by atoms with Crippen molar-refractivity contribution >= 4 is 29.4 Å². The number of carbonyl (C=O) groups is 3. The molecule has 0 aliphatic carbocycles. The second-order valence-electron chi connectivity index (χ2n) is 7.69. The number of fused-ring (bicyclic) bond motifs is 1. The van der Waals surface area contributed by atoms with E-state index < -0.39 is 30.4 Å². The molecule has 17 heteroatoms. The third-order valence-electron chi connectivity index (χ3n) is 5.11. The highest BCUT2D eigenvalue weighted by Gasteiger charge is 2.42. The van der Waals surface area contributed by atoms with Gasteiger partial charge in [-0.25, -0.2) is 19.6 Å². The van der Waals surface area contributed by atoms with Gasteiger partial charge in [0.1, 0.15) is 18.2 Å². The van der Waals surface area contributed by atoms with Crippen molar-refractivity contribution in [1.29, 1.82) is 0 Å². The summed E-state index contributed by atoms with van der Waals surface area (Å²) in [7, 11) is 0. The number of carboxylic acid groups (broad SMARTS) is 2. The summed E-state index contributed by atoms with van der Waals surface area (Å²) in [4.78, 5) is 44.8. The zero-order valence-corrected chi connectivity index (χ0v) is 19.2. The average molecular weight is 553 g/mol. The van der Waals surface area contributed by atoms with Crippen LogP contribution in [0.1, 0.15) is 19.3 Å². The van der Waals surface area contributed by atoms with Crippen LogP contribution in [-0.2, 0) is 19.1 Å². The summed E-state index contributed by atoms with van der Waals surface area (Å²) in [6, 6.07) is 5.82. The molecule has 2 aliphatic rings. The third kappa shape index (κ3) is 9.13. The van der Waals surface area contributed by atoms with Gasteiger partial charge in [0.15, 0.2) is 0 Å². The summed E-state index contributed by atoms with van der Waals surface area (Å²) in [6.07, 6.45) is -1.34. The quantitative estimate of drug-likeness (QED) is 0.484. The molecule has 0 spiro atoms. The molecule has 2 aliphatic heterocycles. The van der Waals surface area contributed by atoms with Gasteiger partial charge in [0.25, 0.3) is 5.91 Å². The lowest BCUT2D eigenvalue weighted by Gasteiger charge is -2.35. The van der Waals surface area contributed by atoms with Gasteiger partial charge in [-0.1, -0.05) is 0 Å². The average Bonchev–Trinajstić information content (AvgIpc) is 3.28. The molecule has 2 aromatic heterocycles. The van der Waals surface area contributed by atoms with Crippen molar-refractivity contribution in [3.8, 4) is 0 Å². The maximum atomic E-state index is 12.4. The van der Waals surface area contributed by atoms with Crippen LogP contribution >= 0.6 is 0 Å². The highest BCUT2D eigenvalue weighted by atomic mass is 19.4. The number of hydrogen-bond donors (Lipinski definition) is 3. The first-order valence-electron chi connectivity index (χ1n) is 10.7. The van der Waals surface area contributed by atoms with Gasteiger partial charge in [-0.15, -0.1) is 0 Å². The first kappa shape index (κ1) is 30.2.